The molecule has 3 nitrogen and oxygen atoms in total. The Bertz CT molecular complexity index is 125. The third-order valence-corrected chi connectivity index (χ3v) is 1.29. The Balaban J connectivity index is 2.76. The van der Waals surface area contributed by atoms with Gasteiger partial charge in [0.1, 0.15) is 0 Å². The molecule has 0 fully saturated rings. The number of hydrogen-bond donors (Lipinski definition) is 0. The standard InChI is InChI=1S/C3H4IN3/c4-3-7-2-1-5-6-7/h1-2H,3H2. The van der Waals surface area contributed by atoms with E-state index in [0.717, 1.165) is 4.55 Å². The lowest BCUT2D eigenvalue weighted by Crippen LogP contribution is -1.90. The molecule has 1 heterocycles. The summed E-state index contributed by atoms with van der Waals surface area (Å²) in [6, 6.07) is 0. The highest BCUT2D eigenvalue weighted by molar-refractivity contribution is 14.1. The van der Waals surface area contributed by atoms with Gasteiger partial charge in [0, 0.05) is 6.20 Å². The molecular formula is C3H4IN3. The molecule has 0 saturated carbocycles. The van der Waals surface area contributed by atoms with Crippen LogP contribution < -0.4 is 0 Å². The Hall–Kier alpha value is -0.130. The van der Waals surface area contributed by atoms with Gasteiger partial charge in [-0.1, -0.05) is 27.8 Å². The molecule has 0 aliphatic rings. The minimum atomic E-state index is 0.873. The van der Waals surface area contributed by atoms with Crippen LogP contribution in [0.4, 0.5) is 0 Å². The maximum atomic E-state index is 3.69. The molecule has 0 aliphatic carbocycles. The van der Waals surface area contributed by atoms with Crippen LogP contribution in [0.5, 0.6) is 0 Å². The second-order valence-electron chi connectivity index (χ2n) is 1.06. The van der Waals surface area contributed by atoms with E-state index in [-0.39, 0.29) is 0 Å². The largest absolute Gasteiger partial charge is 0.243 e. The highest BCUT2D eigenvalue weighted by Crippen LogP contribution is 1.86. The first-order valence-electron chi connectivity index (χ1n) is 1.83. The van der Waals surface area contributed by atoms with E-state index in [1.54, 1.807) is 10.9 Å². The molecule has 1 aromatic heterocycles. The first-order chi connectivity index (χ1) is 3.43. The van der Waals surface area contributed by atoms with Crippen LogP contribution in [0, 0.1) is 0 Å². The Morgan fingerprint density at radius 1 is 1.71 bits per heavy atom. The minimum absolute atomic E-state index is 0.873. The highest BCUT2D eigenvalue weighted by atomic mass is 127. The number of nitrogens with zero attached hydrogens (tertiary/aromatic N) is 3. The Morgan fingerprint density at radius 3 is 2.86 bits per heavy atom. The first kappa shape index (κ1) is 5.02. The maximum Gasteiger partial charge on any atom is 0.0941 e. The molecule has 1 rings (SSSR count). The summed E-state index contributed by atoms with van der Waals surface area (Å²) in [6.45, 7) is 0. The molecule has 1 aromatic rings. The fourth-order valence-electron chi connectivity index (χ4n) is 0.296. The van der Waals surface area contributed by atoms with E-state index >= 15 is 0 Å². The molecule has 0 bridgehead atoms. The van der Waals surface area contributed by atoms with E-state index in [4.69, 9.17) is 0 Å². The van der Waals surface area contributed by atoms with E-state index in [1.165, 1.54) is 0 Å². The summed E-state index contributed by atoms with van der Waals surface area (Å²) in [5.41, 5.74) is 0. The molecule has 0 aliphatic heterocycles. The predicted octanol–water partition coefficient (Wildman–Crippen LogP) is 0.671. The summed E-state index contributed by atoms with van der Waals surface area (Å²) in [7, 11) is 0. The Kier molecular flexibility index (Phi) is 1.61. The van der Waals surface area contributed by atoms with Gasteiger partial charge in [0.15, 0.2) is 0 Å². The lowest BCUT2D eigenvalue weighted by Gasteiger charge is -1.83. The van der Waals surface area contributed by atoms with Gasteiger partial charge >= 0.3 is 0 Å². The average Bonchev–Trinajstić information content (AvgIpc) is 2.14. The molecule has 0 N–H and O–H groups in total. The molecule has 0 unspecified atom stereocenters. The number of alkyl halides is 1. The molecular weight excluding hydrogens is 205 g/mol. The molecule has 0 atom stereocenters. The fraction of sp³-hybridized carbons (Fsp3) is 0.333. The third kappa shape index (κ3) is 1.12. The van der Waals surface area contributed by atoms with Crippen LogP contribution >= 0.6 is 22.6 Å². The Morgan fingerprint density at radius 2 is 2.57 bits per heavy atom. The second-order valence-corrected chi connectivity index (χ2v) is 1.74. The van der Waals surface area contributed by atoms with E-state index in [1.807, 2.05) is 6.20 Å². The number of hydrogen-bond acceptors (Lipinski definition) is 2. The molecule has 0 saturated heterocycles. The van der Waals surface area contributed by atoms with Gasteiger partial charge in [0.25, 0.3) is 0 Å². The molecule has 4 heteroatoms. The monoisotopic (exact) mass is 209 g/mol. The van der Waals surface area contributed by atoms with Crippen LogP contribution in [0.2, 0.25) is 0 Å². The van der Waals surface area contributed by atoms with Crippen molar-refractivity contribution in [3.8, 4) is 0 Å². The minimum Gasteiger partial charge on any atom is -0.243 e. The van der Waals surface area contributed by atoms with Gasteiger partial charge in [-0.05, 0) is 0 Å². The first-order valence-corrected chi connectivity index (χ1v) is 3.36. The molecule has 38 valence electrons. The summed E-state index contributed by atoms with van der Waals surface area (Å²) < 4.78 is 2.62. The van der Waals surface area contributed by atoms with E-state index in [2.05, 4.69) is 32.9 Å². The summed E-state index contributed by atoms with van der Waals surface area (Å²) >= 11 is 2.21. The predicted molar refractivity (Wildman–Crippen MR) is 34.0 cm³/mol. The number of rotatable bonds is 1. The summed E-state index contributed by atoms with van der Waals surface area (Å²) in [6.07, 6.45) is 3.49. The van der Waals surface area contributed by atoms with Crippen LogP contribution in [0.3, 0.4) is 0 Å². The van der Waals surface area contributed by atoms with Crippen molar-refractivity contribution in [3.63, 3.8) is 0 Å². The number of aromatic nitrogens is 3. The van der Waals surface area contributed by atoms with Gasteiger partial charge in [-0.15, -0.1) is 5.10 Å². The van der Waals surface area contributed by atoms with Gasteiger partial charge in [-0.3, -0.25) is 0 Å². The van der Waals surface area contributed by atoms with Gasteiger partial charge in [-0.2, -0.15) is 0 Å². The number of halogens is 1. The average molecular weight is 209 g/mol. The molecule has 0 amide bonds. The molecule has 0 spiro atoms. The Labute approximate surface area is 54.9 Å². The fourth-order valence-corrected chi connectivity index (χ4v) is 0.660. The normalized spacial score (nSPS) is 9.29. The molecule has 0 aromatic carbocycles. The van der Waals surface area contributed by atoms with Crippen LogP contribution in [0.15, 0.2) is 12.4 Å². The quantitative estimate of drug-likeness (QED) is 0.502. The van der Waals surface area contributed by atoms with Gasteiger partial charge in [0.2, 0.25) is 0 Å². The van der Waals surface area contributed by atoms with Gasteiger partial charge < -0.3 is 0 Å². The van der Waals surface area contributed by atoms with Gasteiger partial charge in [0.05, 0.1) is 10.7 Å². The van der Waals surface area contributed by atoms with Crippen molar-refractivity contribution in [2.45, 2.75) is 4.55 Å². The van der Waals surface area contributed by atoms with Crippen molar-refractivity contribution in [2.75, 3.05) is 0 Å². The molecule has 7 heavy (non-hydrogen) atoms. The zero-order valence-corrected chi connectivity index (χ0v) is 5.74. The SMILES string of the molecule is ICn1ccnn1. The van der Waals surface area contributed by atoms with E-state index < -0.39 is 0 Å². The van der Waals surface area contributed by atoms with E-state index in [0.29, 0.717) is 0 Å². The zero-order chi connectivity index (χ0) is 5.11. The van der Waals surface area contributed by atoms with Crippen LogP contribution in [-0.4, -0.2) is 15.0 Å². The maximum absolute atomic E-state index is 3.69. The van der Waals surface area contributed by atoms with Crippen LogP contribution in [0.1, 0.15) is 0 Å². The zero-order valence-electron chi connectivity index (χ0n) is 3.58. The summed E-state index contributed by atoms with van der Waals surface area (Å²) in [5, 5.41) is 7.30. The van der Waals surface area contributed by atoms with Crippen molar-refractivity contribution >= 4 is 22.6 Å². The molecule has 0 radical (unpaired) electrons. The van der Waals surface area contributed by atoms with Crippen molar-refractivity contribution in [1.29, 1.82) is 0 Å². The van der Waals surface area contributed by atoms with Crippen molar-refractivity contribution in [2.24, 2.45) is 0 Å². The third-order valence-electron chi connectivity index (χ3n) is 0.594. The van der Waals surface area contributed by atoms with Crippen molar-refractivity contribution in [1.82, 2.24) is 15.0 Å². The van der Waals surface area contributed by atoms with Crippen LogP contribution in [-0.2, 0) is 4.55 Å². The van der Waals surface area contributed by atoms with E-state index in [9.17, 15) is 0 Å². The highest BCUT2D eigenvalue weighted by Gasteiger charge is 1.80. The topological polar surface area (TPSA) is 30.7 Å². The van der Waals surface area contributed by atoms with Crippen molar-refractivity contribution < 1.29 is 0 Å². The van der Waals surface area contributed by atoms with Gasteiger partial charge in [-0.25, -0.2) is 4.68 Å². The smallest absolute Gasteiger partial charge is 0.0941 e. The summed E-state index contributed by atoms with van der Waals surface area (Å²) in [5.74, 6) is 0. The summed E-state index contributed by atoms with van der Waals surface area (Å²) in [4.78, 5) is 0. The lowest BCUT2D eigenvalue weighted by molar-refractivity contribution is 0.715. The lowest BCUT2D eigenvalue weighted by atomic mass is 10.9. The van der Waals surface area contributed by atoms with Crippen molar-refractivity contribution in [3.05, 3.63) is 12.4 Å². The van der Waals surface area contributed by atoms with Crippen LogP contribution in [0.25, 0.3) is 0 Å². The second kappa shape index (κ2) is 2.25.